The highest BCUT2D eigenvalue weighted by Gasteiger charge is 2.47. The van der Waals surface area contributed by atoms with Crippen LogP contribution in [0.5, 0.6) is 0 Å². The van der Waals surface area contributed by atoms with Gasteiger partial charge >= 0.3 is 5.97 Å². The molecule has 1 heterocycles. The van der Waals surface area contributed by atoms with Crippen molar-refractivity contribution in [1.82, 2.24) is 0 Å². The molecule has 1 aliphatic carbocycles. The van der Waals surface area contributed by atoms with Crippen molar-refractivity contribution in [2.75, 3.05) is 13.2 Å². The fraction of sp³-hybridized carbons (Fsp3) is 0.636. The summed E-state index contributed by atoms with van der Waals surface area (Å²) in [6.45, 7) is 2.46. The standard InChI is InChI=1S/C11H13ClO4/c1-2-15-11(14)9(13)7-8(12)6-4-3-5-16-10(6)7/h6,10H,2-5H2,1H3/t6-,10-/m1/s1. The van der Waals surface area contributed by atoms with Gasteiger partial charge in [0.15, 0.2) is 0 Å². The van der Waals surface area contributed by atoms with Gasteiger partial charge in [0.25, 0.3) is 5.78 Å². The Kier molecular flexibility index (Phi) is 3.30. The van der Waals surface area contributed by atoms with Gasteiger partial charge in [-0.2, -0.15) is 0 Å². The highest BCUT2D eigenvalue weighted by molar-refractivity contribution is 6.45. The minimum atomic E-state index is -0.844. The highest BCUT2D eigenvalue weighted by Crippen LogP contribution is 2.45. The molecule has 1 saturated heterocycles. The van der Waals surface area contributed by atoms with Crippen LogP contribution in [0.3, 0.4) is 0 Å². The van der Waals surface area contributed by atoms with Crippen LogP contribution >= 0.6 is 11.6 Å². The molecule has 0 aromatic carbocycles. The molecule has 0 amide bonds. The lowest BCUT2D eigenvalue weighted by Gasteiger charge is -2.41. The van der Waals surface area contributed by atoms with Crippen molar-refractivity contribution >= 4 is 23.4 Å². The summed E-state index contributed by atoms with van der Waals surface area (Å²) in [6.07, 6.45) is 1.57. The maximum absolute atomic E-state index is 11.7. The number of ether oxygens (including phenoxy) is 2. The molecule has 1 fully saturated rings. The maximum atomic E-state index is 11.7. The van der Waals surface area contributed by atoms with Gasteiger partial charge in [0.05, 0.1) is 18.3 Å². The van der Waals surface area contributed by atoms with Crippen molar-refractivity contribution in [2.45, 2.75) is 25.9 Å². The molecule has 4 nitrogen and oxygen atoms in total. The minimum Gasteiger partial charge on any atom is -0.460 e. The summed E-state index contributed by atoms with van der Waals surface area (Å²) in [7, 11) is 0. The first-order valence-electron chi connectivity index (χ1n) is 5.39. The molecule has 0 radical (unpaired) electrons. The van der Waals surface area contributed by atoms with Gasteiger partial charge in [-0.25, -0.2) is 4.79 Å². The Morgan fingerprint density at radius 1 is 1.56 bits per heavy atom. The van der Waals surface area contributed by atoms with E-state index in [0.29, 0.717) is 17.2 Å². The summed E-state index contributed by atoms with van der Waals surface area (Å²) >= 11 is 6.00. The average molecular weight is 245 g/mol. The third-order valence-corrected chi connectivity index (χ3v) is 3.38. The topological polar surface area (TPSA) is 52.6 Å². The first kappa shape index (κ1) is 11.6. The number of carbonyl (C=O) groups is 2. The third-order valence-electron chi connectivity index (χ3n) is 2.90. The number of hydrogen-bond acceptors (Lipinski definition) is 4. The summed E-state index contributed by atoms with van der Waals surface area (Å²) in [5, 5.41) is 0.475. The lowest BCUT2D eigenvalue weighted by molar-refractivity contribution is -0.153. The van der Waals surface area contributed by atoms with Crippen LogP contribution in [0.2, 0.25) is 0 Å². The number of ketones is 1. The predicted molar refractivity (Wildman–Crippen MR) is 57.0 cm³/mol. The van der Waals surface area contributed by atoms with Crippen molar-refractivity contribution in [3.8, 4) is 0 Å². The molecule has 0 N–H and O–H groups in total. The number of halogens is 1. The molecule has 0 saturated carbocycles. The van der Waals surface area contributed by atoms with Gasteiger partial charge in [-0.05, 0) is 19.8 Å². The van der Waals surface area contributed by atoms with Crippen LogP contribution in [-0.2, 0) is 19.1 Å². The Balaban J connectivity index is 2.12. The smallest absolute Gasteiger partial charge is 0.379 e. The molecule has 2 atom stereocenters. The van der Waals surface area contributed by atoms with E-state index >= 15 is 0 Å². The number of Topliss-reactive ketones (excluding diaryl/α,β-unsaturated/α-hetero) is 1. The fourth-order valence-corrected chi connectivity index (χ4v) is 2.53. The van der Waals surface area contributed by atoms with E-state index in [0.717, 1.165) is 12.8 Å². The van der Waals surface area contributed by atoms with Crippen LogP contribution in [0.1, 0.15) is 19.8 Å². The molecule has 2 aliphatic rings. The molecule has 16 heavy (non-hydrogen) atoms. The van der Waals surface area contributed by atoms with Crippen LogP contribution in [0.4, 0.5) is 0 Å². The maximum Gasteiger partial charge on any atom is 0.379 e. The van der Waals surface area contributed by atoms with E-state index in [9.17, 15) is 9.59 Å². The first-order chi connectivity index (χ1) is 7.66. The number of fused-ring (bicyclic) bond motifs is 1. The number of hydrogen-bond donors (Lipinski definition) is 0. The van der Waals surface area contributed by atoms with Crippen molar-refractivity contribution in [1.29, 1.82) is 0 Å². The summed E-state index contributed by atoms with van der Waals surface area (Å²) in [6, 6.07) is 0. The van der Waals surface area contributed by atoms with Crippen molar-refractivity contribution in [3.63, 3.8) is 0 Å². The SMILES string of the molecule is CCOC(=O)C(=O)C1=C(Cl)[C@H]2CCCO[C@@H]12. The first-order valence-corrected chi connectivity index (χ1v) is 5.77. The lowest BCUT2D eigenvalue weighted by atomic mass is 9.76. The zero-order valence-corrected chi connectivity index (χ0v) is 9.75. The van der Waals surface area contributed by atoms with E-state index in [1.807, 2.05) is 0 Å². The summed E-state index contributed by atoms with van der Waals surface area (Å²) in [5.74, 6) is -1.40. The summed E-state index contributed by atoms with van der Waals surface area (Å²) < 4.78 is 10.1. The Morgan fingerprint density at radius 2 is 2.31 bits per heavy atom. The molecule has 88 valence electrons. The molecule has 0 aromatic rings. The van der Waals surface area contributed by atoms with Gasteiger partial charge in [-0.15, -0.1) is 0 Å². The largest absolute Gasteiger partial charge is 0.460 e. The molecule has 5 heteroatoms. The highest BCUT2D eigenvalue weighted by atomic mass is 35.5. The average Bonchev–Trinajstić information content (AvgIpc) is 2.29. The third kappa shape index (κ3) is 1.76. The summed E-state index contributed by atoms with van der Waals surface area (Å²) in [5.41, 5.74) is 0.296. The Hall–Kier alpha value is -0.870. The van der Waals surface area contributed by atoms with Gasteiger partial charge < -0.3 is 9.47 Å². The van der Waals surface area contributed by atoms with Gasteiger partial charge in [0.1, 0.15) is 0 Å². The molecule has 0 aromatic heterocycles. The van der Waals surface area contributed by atoms with Crippen molar-refractivity contribution in [2.24, 2.45) is 5.92 Å². The minimum absolute atomic E-state index is 0.101. The Labute approximate surface area is 98.5 Å². The molecule has 1 aliphatic heterocycles. The second-order valence-corrected chi connectivity index (χ2v) is 4.26. The van der Waals surface area contributed by atoms with Crippen molar-refractivity contribution in [3.05, 3.63) is 10.6 Å². The molecule has 0 bridgehead atoms. The van der Waals surface area contributed by atoms with Crippen LogP contribution in [-0.4, -0.2) is 31.1 Å². The number of esters is 1. The van der Waals surface area contributed by atoms with Gasteiger partial charge in [-0.3, -0.25) is 4.79 Å². The monoisotopic (exact) mass is 244 g/mol. The fourth-order valence-electron chi connectivity index (χ4n) is 2.11. The van der Waals surface area contributed by atoms with Crippen LogP contribution in [0, 0.1) is 5.92 Å². The predicted octanol–water partition coefficient (Wildman–Crippen LogP) is 1.42. The van der Waals surface area contributed by atoms with E-state index in [2.05, 4.69) is 4.74 Å². The zero-order valence-electron chi connectivity index (χ0n) is 8.99. The normalized spacial score (nSPS) is 28.1. The summed E-state index contributed by atoms with van der Waals surface area (Å²) in [4.78, 5) is 23.0. The molecule has 2 rings (SSSR count). The zero-order chi connectivity index (χ0) is 11.7. The van der Waals surface area contributed by atoms with Gasteiger partial charge in [0.2, 0.25) is 0 Å². The second kappa shape index (κ2) is 4.55. The van der Waals surface area contributed by atoms with Gasteiger partial charge in [-0.1, -0.05) is 11.6 Å². The molecular formula is C11H13ClO4. The number of rotatable bonds is 3. The van der Waals surface area contributed by atoms with E-state index in [1.54, 1.807) is 6.92 Å². The van der Waals surface area contributed by atoms with E-state index < -0.39 is 11.8 Å². The molecule has 0 spiro atoms. The quantitative estimate of drug-likeness (QED) is 0.557. The van der Waals surface area contributed by atoms with E-state index in [1.165, 1.54) is 0 Å². The van der Waals surface area contributed by atoms with E-state index in [4.69, 9.17) is 16.3 Å². The van der Waals surface area contributed by atoms with Gasteiger partial charge in [0, 0.05) is 17.6 Å². The second-order valence-electron chi connectivity index (χ2n) is 3.85. The lowest BCUT2D eigenvalue weighted by Crippen LogP contribution is -2.45. The van der Waals surface area contributed by atoms with Crippen LogP contribution in [0.15, 0.2) is 10.6 Å². The van der Waals surface area contributed by atoms with Crippen LogP contribution < -0.4 is 0 Å². The van der Waals surface area contributed by atoms with Crippen molar-refractivity contribution < 1.29 is 19.1 Å². The van der Waals surface area contributed by atoms with Crippen LogP contribution in [0.25, 0.3) is 0 Å². The van der Waals surface area contributed by atoms with E-state index in [-0.39, 0.29) is 18.6 Å². The molecule has 0 unspecified atom stereocenters. The molecular weight excluding hydrogens is 232 g/mol. The number of carbonyl (C=O) groups excluding carboxylic acids is 2. The Bertz CT molecular complexity index is 361. The Morgan fingerprint density at radius 3 is 3.00 bits per heavy atom.